The smallest absolute Gasteiger partial charge is 0.0652 e. The van der Waals surface area contributed by atoms with Crippen molar-refractivity contribution in [1.29, 1.82) is 0 Å². The van der Waals surface area contributed by atoms with Crippen molar-refractivity contribution in [1.82, 2.24) is 15.1 Å². The molecule has 96 valence electrons. The van der Waals surface area contributed by atoms with Crippen molar-refractivity contribution in [3.8, 4) is 0 Å². The van der Waals surface area contributed by atoms with E-state index in [1.165, 1.54) is 0 Å². The van der Waals surface area contributed by atoms with Crippen LogP contribution in [-0.4, -0.2) is 21.5 Å². The molecule has 0 amide bonds. The lowest BCUT2D eigenvalue weighted by atomic mass is 9.93. The first-order chi connectivity index (χ1) is 8.64. The van der Waals surface area contributed by atoms with Gasteiger partial charge >= 0.3 is 0 Å². The average Bonchev–Trinajstić information content (AvgIpc) is 2.83. The summed E-state index contributed by atoms with van der Waals surface area (Å²) in [6.45, 7) is 2.73. The Morgan fingerprint density at radius 1 is 1.33 bits per heavy atom. The quantitative estimate of drug-likeness (QED) is 0.837. The molecule has 1 atom stereocenters. The molecule has 2 aromatic rings. The lowest BCUT2D eigenvalue weighted by Crippen LogP contribution is -2.42. The highest BCUT2D eigenvalue weighted by Crippen LogP contribution is 2.20. The molecule has 1 heterocycles. The summed E-state index contributed by atoms with van der Waals surface area (Å²) in [7, 11) is 1.89. The SMILES string of the molecule is Cn1cc(CNC(C)(CO)c2ccccc2)cn1. The second-order valence-electron chi connectivity index (χ2n) is 4.73. The Kier molecular flexibility index (Phi) is 3.79. The van der Waals surface area contributed by atoms with Crippen molar-refractivity contribution in [3.05, 3.63) is 53.9 Å². The van der Waals surface area contributed by atoms with Gasteiger partial charge in [-0.25, -0.2) is 0 Å². The monoisotopic (exact) mass is 245 g/mol. The molecule has 2 N–H and O–H groups in total. The highest BCUT2D eigenvalue weighted by atomic mass is 16.3. The maximum atomic E-state index is 9.64. The predicted molar refractivity (Wildman–Crippen MR) is 70.9 cm³/mol. The van der Waals surface area contributed by atoms with Gasteiger partial charge in [-0.1, -0.05) is 30.3 Å². The van der Waals surface area contributed by atoms with E-state index in [1.54, 1.807) is 4.68 Å². The average molecular weight is 245 g/mol. The lowest BCUT2D eigenvalue weighted by molar-refractivity contribution is 0.173. The van der Waals surface area contributed by atoms with E-state index in [0.29, 0.717) is 6.54 Å². The number of hydrogen-bond acceptors (Lipinski definition) is 3. The van der Waals surface area contributed by atoms with Crippen molar-refractivity contribution >= 4 is 0 Å². The third-order valence-corrected chi connectivity index (χ3v) is 3.17. The van der Waals surface area contributed by atoms with Crippen LogP contribution in [0.2, 0.25) is 0 Å². The molecule has 0 bridgehead atoms. The molecule has 1 aromatic carbocycles. The molecule has 0 spiro atoms. The molecule has 4 heteroatoms. The van der Waals surface area contributed by atoms with E-state index >= 15 is 0 Å². The molecule has 1 unspecified atom stereocenters. The van der Waals surface area contributed by atoms with Crippen LogP contribution in [0, 0.1) is 0 Å². The fraction of sp³-hybridized carbons (Fsp3) is 0.357. The van der Waals surface area contributed by atoms with Crippen LogP contribution in [-0.2, 0) is 19.1 Å². The number of hydrogen-bond donors (Lipinski definition) is 2. The Labute approximate surface area is 107 Å². The zero-order chi connectivity index (χ0) is 13.0. The predicted octanol–water partition coefficient (Wildman–Crippen LogP) is 1.42. The number of aliphatic hydroxyl groups is 1. The topological polar surface area (TPSA) is 50.1 Å². The molecule has 4 nitrogen and oxygen atoms in total. The molecule has 1 aromatic heterocycles. The van der Waals surface area contributed by atoms with E-state index in [2.05, 4.69) is 10.4 Å². The molecule has 0 aliphatic heterocycles. The summed E-state index contributed by atoms with van der Waals surface area (Å²) in [6, 6.07) is 9.98. The molecule has 0 saturated carbocycles. The number of rotatable bonds is 5. The van der Waals surface area contributed by atoms with Gasteiger partial charge in [-0.2, -0.15) is 5.10 Å². The minimum absolute atomic E-state index is 0.0529. The van der Waals surface area contributed by atoms with Crippen molar-refractivity contribution in [2.24, 2.45) is 7.05 Å². The van der Waals surface area contributed by atoms with Crippen LogP contribution in [0.4, 0.5) is 0 Å². The van der Waals surface area contributed by atoms with E-state index in [4.69, 9.17) is 0 Å². The maximum Gasteiger partial charge on any atom is 0.0652 e. The largest absolute Gasteiger partial charge is 0.394 e. The van der Waals surface area contributed by atoms with Gasteiger partial charge in [-0.3, -0.25) is 4.68 Å². The van der Waals surface area contributed by atoms with Crippen LogP contribution >= 0.6 is 0 Å². The van der Waals surface area contributed by atoms with Crippen LogP contribution in [0.1, 0.15) is 18.1 Å². The molecule has 18 heavy (non-hydrogen) atoms. The number of aromatic nitrogens is 2. The zero-order valence-electron chi connectivity index (χ0n) is 10.8. The van der Waals surface area contributed by atoms with Gasteiger partial charge in [-0.05, 0) is 12.5 Å². The Morgan fingerprint density at radius 3 is 2.61 bits per heavy atom. The highest BCUT2D eigenvalue weighted by Gasteiger charge is 2.24. The van der Waals surface area contributed by atoms with Crippen LogP contribution in [0.25, 0.3) is 0 Å². The van der Waals surface area contributed by atoms with Crippen molar-refractivity contribution in [2.45, 2.75) is 19.0 Å². The minimum Gasteiger partial charge on any atom is -0.394 e. The summed E-state index contributed by atoms with van der Waals surface area (Å²) in [5.41, 5.74) is 1.75. The van der Waals surface area contributed by atoms with E-state index in [0.717, 1.165) is 11.1 Å². The van der Waals surface area contributed by atoms with Gasteiger partial charge in [0, 0.05) is 25.4 Å². The minimum atomic E-state index is -0.433. The summed E-state index contributed by atoms with van der Waals surface area (Å²) >= 11 is 0. The van der Waals surface area contributed by atoms with Crippen molar-refractivity contribution in [3.63, 3.8) is 0 Å². The molecule has 0 aliphatic carbocycles. The van der Waals surface area contributed by atoms with E-state index in [9.17, 15) is 5.11 Å². The van der Waals surface area contributed by atoms with E-state index in [-0.39, 0.29) is 6.61 Å². The third-order valence-electron chi connectivity index (χ3n) is 3.17. The van der Waals surface area contributed by atoms with Gasteiger partial charge in [0.2, 0.25) is 0 Å². The molecule has 2 rings (SSSR count). The number of nitrogens with one attached hydrogen (secondary N) is 1. The standard InChI is InChI=1S/C14H19N3O/c1-14(11-18,13-6-4-3-5-7-13)15-8-12-9-16-17(2)10-12/h3-7,9-10,15,18H,8,11H2,1-2H3. The summed E-state index contributed by atoms with van der Waals surface area (Å²) in [4.78, 5) is 0. The Morgan fingerprint density at radius 2 is 2.06 bits per heavy atom. The number of aliphatic hydroxyl groups excluding tert-OH is 1. The molecule has 0 saturated heterocycles. The Balaban J connectivity index is 2.09. The van der Waals surface area contributed by atoms with Gasteiger partial charge in [0.25, 0.3) is 0 Å². The first-order valence-electron chi connectivity index (χ1n) is 6.03. The van der Waals surface area contributed by atoms with Crippen molar-refractivity contribution in [2.75, 3.05) is 6.61 Å². The van der Waals surface area contributed by atoms with Gasteiger partial charge < -0.3 is 10.4 Å². The number of nitrogens with zero attached hydrogens (tertiary/aromatic N) is 2. The highest BCUT2D eigenvalue weighted by molar-refractivity contribution is 5.24. The van der Waals surface area contributed by atoms with Crippen molar-refractivity contribution < 1.29 is 5.11 Å². The van der Waals surface area contributed by atoms with Crippen LogP contribution in [0.3, 0.4) is 0 Å². The molecule has 0 fully saturated rings. The van der Waals surface area contributed by atoms with Gasteiger partial charge in [0.15, 0.2) is 0 Å². The van der Waals surface area contributed by atoms with E-state index in [1.807, 2.05) is 56.7 Å². The number of benzene rings is 1. The second-order valence-corrected chi connectivity index (χ2v) is 4.73. The van der Waals surface area contributed by atoms with Crippen LogP contribution in [0.15, 0.2) is 42.7 Å². The molecular formula is C14H19N3O. The first-order valence-corrected chi connectivity index (χ1v) is 6.03. The van der Waals surface area contributed by atoms with Gasteiger partial charge in [0.05, 0.1) is 18.3 Å². The Bertz CT molecular complexity index is 495. The maximum absolute atomic E-state index is 9.64. The summed E-state index contributed by atoms with van der Waals surface area (Å²) < 4.78 is 1.77. The lowest BCUT2D eigenvalue weighted by Gasteiger charge is -2.29. The first kappa shape index (κ1) is 12.8. The second kappa shape index (κ2) is 5.33. The fourth-order valence-corrected chi connectivity index (χ4v) is 1.92. The summed E-state index contributed by atoms with van der Waals surface area (Å²) in [6.07, 6.45) is 3.80. The van der Waals surface area contributed by atoms with Gasteiger partial charge in [-0.15, -0.1) is 0 Å². The van der Waals surface area contributed by atoms with E-state index < -0.39 is 5.54 Å². The zero-order valence-corrected chi connectivity index (χ0v) is 10.8. The summed E-state index contributed by atoms with van der Waals surface area (Å²) in [5.74, 6) is 0. The molecule has 0 radical (unpaired) electrons. The molecular weight excluding hydrogens is 226 g/mol. The normalized spacial score (nSPS) is 14.4. The van der Waals surface area contributed by atoms with Gasteiger partial charge in [0.1, 0.15) is 0 Å². The molecule has 0 aliphatic rings. The number of aryl methyl sites for hydroxylation is 1. The van der Waals surface area contributed by atoms with Crippen LogP contribution in [0.5, 0.6) is 0 Å². The fourth-order valence-electron chi connectivity index (χ4n) is 1.92. The summed E-state index contributed by atoms with van der Waals surface area (Å²) in [5, 5.41) is 17.2. The Hall–Kier alpha value is -1.65. The van der Waals surface area contributed by atoms with Crippen LogP contribution < -0.4 is 5.32 Å². The third kappa shape index (κ3) is 2.78.